The van der Waals surface area contributed by atoms with Crippen LogP contribution in [-0.2, 0) is 4.79 Å². The van der Waals surface area contributed by atoms with Crippen LogP contribution in [-0.4, -0.2) is 15.3 Å². The molecule has 1 N–H and O–H groups in total. The second-order valence-electron chi connectivity index (χ2n) is 5.25. The minimum absolute atomic E-state index is 0.0123. The number of amides is 1. The fraction of sp³-hybridized carbons (Fsp3) is 0.0556. The first-order valence-electron chi connectivity index (χ1n) is 7.19. The van der Waals surface area contributed by atoms with E-state index in [0.717, 1.165) is 15.7 Å². The van der Waals surface area contributed by atoms with Crippen molar-refractivity contribution in [2.45, 2.75) is 6.92 Å². The van der Waals surface area contributed by atoms with Gasteiger partial charge >= 0.3 is 0 Å². The molecule has 0 aliphatic heterocycles. The Bertz CT molecular complexity index is 998. The topological polar surface area (TPSA) is 70.2 Å². The van der Waals surface area contributed by atoms with Crippen LogP contribution in [0.15, 0.2) is 58.8 Å². The number of benzene rings is 1. The monoisotopic (exact) mass is 380 g/mol. The van der Waals surface area contributed by atoms with Crippen LogP contribution >= 0.6 is 15.9 Å². The molecule has 0 radical (unpaired) electrons. The Kier molecular flexibility index (Phi) is 4.45. The number of hydrogen-bond donors (Lipinski definition) is 1. The van der Waals surface area contributed by atoms with Crippen molar-refractivity contribution < 1.29 is 4.79 Å². The quantitative estimate of drug-likeness (QED) is 0.552. The lowest BCUT2D eigenvalue weighted by atomic mass is 10.2. The van der Waals surface area contributed by atoms with Crippen LogP contribution in [0.5, 0.6) is 0 Å². The second kappa shape index (κ2) is 6.69. The normalized spacial score (nSPS) is 11.3. The number of anilines is 1. The molecule has 5 nitrogen and oxygen atoms in total. The lowest BCUT2D eigenvalue weighted by Gasteiger charge is -2.05. The van der Waals surface area contributed by atoms with Gasteiger partial charge in [-0.1, -0.05) is 12.1 Å². The largest absolute Gasteiger partial charge is 0.321 e. The Hall–Kier alpha value is -2.91. The van der Waals surface area contributed by atoms with Crippen molar-refractivity contribution in [2.24, 2.45) is 0 Å². The number of aromatic nitrogens is 2. The molecule has 0 fully saturated rings. The number of fused-ring (bicyclic) bond motifs is 1. The summed E-state index contributed by atoms with van der Waals surface area (Å²) >= 11 is 3.40. The number of nitriles is 1. The summed E-state index contributed by atoms with van der Waals surface area (Å²) in [5.74, 6) is -0.451. The standard InChI is InChI=1S/C18H13BrN4O/c1-12-3-2-4-15(7-12)22-18(24)13(9-20)8-16-10-21-17-6-5-14(19)11-23(16)17/h2-8,10-11H,1H3,(H,22,24). The number of imidazole rings is 1. The molecule has 0 unspecified atom stereocenters. The van der Waals surface area contributed by atoms with Gasteiger partial charge in [-0.15, -0.1) is 0 Å². The Morgan fingerprint density at radius 3 is 2.96 bits per heavy atom. The summed E-state index contributed by atoms with van der Waals surface area (Å²) in [6.07, 6.45) is 4.98. The van der Waals surface area contributed by atoms with Crippen molar-refractivity contribution in [3.8, 4) is 6.07 Å². The number of aryl methyl sites for hydroxylation is 1. The SMILES string of the molecule is Cc1cccc(NC(=O)C(C#N)=Cc2cnc3ccc(Br)cn23)c1. The van der Waals surface area contributed by atoms with Crippen LogP contribution in [0, 0.1) is 18.3 Å². The van der Waals surface area contributed by atoms with Crippen molar-refractivity contribution in [3.05, 3.63) is 70.1 Å². The van der Waals surface area contributed by atoms with Crippen molar-refractivity contribution in [2.75, 3.05) is 5.32 Å². The maximum Gasteiger partial charge on any atom is 0.266 e. The third kappa shape index (κ3) is 3.36. The first-order valence-corrected chi connectivity index (χ1v) is 7.98. The van der Waals surface area contributed by atoms with E-state index in [0.29, 0.717) is 11.4 Å². The molecule has 2 heterocycles. The summed E-state index contributed by atoms with van der Waals surface area (Å²) in [7, 11) is 0. The molecule has 0 aliphatic carbocycles. The number of carbonyl (C=O) groups excluding carboxylic acids is 1. The highest BCUT2D eigenvalue weighted by atomic mass is 79.9. The summed E-state index contributed by atoms with van der Waals surface area (Å²) in [4.78, 5) is 16.6. The van der Waals surface area contributed by atoms with Gasteiger partial charge in [0, 0.05) is 16.4 Å². The molecule has 118 valence electrons. The summed E-state index contributed by atoms with van der Waals surface area (Å²) in [5, 5.41) is 12.1. The second-order valence-corrected chi connectivity index (χ2v) is 6.17. The molecule has 3 rings (SSSR count). The lowest BCUT2D eigenvalue weighted by molar-refractivity contribution is -0.112. The molecule has 6 heteroatoms. The molecule has 0 aliphatic rings. The van der Waals surface area contributed by atoms with E-state index < -0.39 is 5.91 Å². The molecule has 24 heavy (non-hydrogen) atoms. The Labute approximate surface area is 147 Å². The first kappa shape index (κ1) is 16.0. The van der Waals surface area contributed by atoms with Gasteiger partial charge in [-0.2, -0.15) is 5.26 Å². The van der Waals surface area contributed by atoms with Gasteiger partial charge in [-0.25, -0.2) is 4.98 Å². The number of halogens is 1. The number of nitrogens with one attached hydrogen (secondary N) is 1. The molecule has 0 spiro atoms. The van der Waals surface area contributed by atoms with E-state index in [1.54, 1.807) is 16.7 Å². The van der Waals surface area contributed by atoms with E-state index >= 15 is 0 Å². The van der Waals surface area contributed by atoms with E-state index in [1.165, 1.54) is 6.08 Å². The molecular weight excluding hydrogens is 368 g/mol. The van der Waals surface area contributed by atoms with Gasteiger partial charge < -0.3 is 5.32 Å². The minimum atomic E-state index is -0.451. The first-order chi connectivity index (χ1) is 11.6. The van der Waals surface area contributed by atoms with Crippen LogP contribution in [0.25, 0.3) is 11.7 Å². The fourth-order valence-electron chi connectivity index (χ4n) is 2.30. The minimum Gasteiger partial charge on any atom is -0.321 e. The molecule has 0 atom stereocenters. The Morgan fingerprint density at radius 1 is 1.38 bits per heavy atom. The number of nitrogens with zero attached hydrogens (tertiary/aromatic N) is 3. The van der Waals surface area contributed by atoms with Crippen LogP contribution in [0.3, 0.4) is 0 Å². The smallest absolute Gasteiger partial charge is 0.266 e. The van der Waals surface area contributed by atoms with Crippen LogP contribution in [0.1, 0.15) is 11.3 Å². The maximum atomic E-state index is 12.3. The third-order valence-electron chi connectivity index (χ3n) is 3.43. The zero-order valence-electron chi connectivity index (χ0n) is 12.8. The summed E-state index contributed by atoms with van der Waals surface area (Å²) in [5.41, 5.74) is 3.09. The van der Waals surface area contributed by atoms with Gasteiger partial charge in [-0.3, -0.25) is 9.20 Å². The third-order valence-corrected chi connectivity index (χ3v) is 3.90. The molecule has 1 aromatic carbocycles. The molecule has 0 saturated carbocycles. The number of rotatable bonds is 3. The maximum absolute atomic E-state index is 12.3. The Balaban J connectivity index is 1.92. The van der Waals surface area contributed by atoms with Crippen molar-refractivity contribution in [1.82, 2.24) is 9.38 Å². The lowest BCUT2D eigenvalue weighted by Crippen LogP contribution is -2.13. The van der Waals surface area contributed by atoms with E-state index in [4.69, 9.17) is 0 Å². The highest BCUT2D eigenvalue weighted by molar-refractivity contribution is 9.10. The average molecular weight is 381 g/mol. The van der Waals surface area contributed by atoms with Crippen LogP contribution < -0.4 is 5.32 Å². The van der Waals surface area contributed by atoms with Gasteiger partial charge in [0.05, 0.1) is 11.9 Å². The predicted octanol–water partition coefficient (Wildman–Crippen LogP) is 3.95. The molecule has 3 aromatic rings. The van der Waals surface area contributed by atoms with Gasteiger partial charge in [-0.05, 0) is 58.8 Å². The van der Waals surface area contributed by atoms with Gasteiger partial charge in [0.1, 0.15) is 17.3 Å². The fourth-order valence-corrected chi connectivity index (χ4v) is 2.63. The molecule has 1 amide bonds. The Morgan fingerprint density at radius 2 is 2.21 bits per heavy atom. The number of pyridine rings is 1. The van der Waals surface area contributed by atoms with E-state index in [1.807, 2.05) is 49.5 Å². The van der Waals surface area contributed by atoms with E-state index in [9.17, 15) is 10.1 Å². The molecule has 2 aromatic heterocycles. The average Bonchev–Trinajstić information content (AvgIpc) is 2.94. The molecular formula is C18H13BrN4O. The summed E-state index contributed by atoms with van der Waals surface area (Å²) in [6.45, 7) is 1.94. The van der Waals surface area contributed by atoms with Crippen LogP contribution in [0.4, 0.5) is 5.69 Å². The predicted molar refractivity (Wildman–Crippen MR) is 96.3 cm³/mol. The summed E-state index contributed by atoms with van der Waals surface area (Å²) in [6, 6.07) is 13.1. The van der Waals surface area contributed by atoms with Crippen molar-refractivity contribution in [1.29, 1.82) is 5.26 Å². The van der Waals surface area contributed by atoms with Gasteiger partial charge in [0.2, 0.25) is 0 Å². The molecule has 0 saturated heterocycles. The zero-order valence-corrected chi connectivity index (χ0v) is 14.4. The summed E-state index contributed by atoms with van der Waals surface area (Å²) < 4.78 is 2.69. The number of carbonyl (C=O) groups is 1. The number of hydrogen-bond acceptors (Lipinski definition) is 3. The molecule has 0 bridgehead atoms. The van der Waals surface area contributed by atoms with Gasteiger partial charge in [0.25, 0.3) is 5.91 Å². The van der Waals surface area contributed by atoms with Crippen molar-refractivity contribution >= 4 is 39.2 Å². The van der Waals surface area contributed by atoms with Crippen molar-refractivity contribution in [3.63, 3.8) is 0 Å². The highest BCUT2D eigenvalue weighted by Crippen LogP contribution is 2.17. The zero-order chi connectivity index (χ0) is 17.1. The van der Waals surface area contributed by atoms with Gasteiger partial charge in [0.15, 0.2) is 0 Å². The van der Waals surface area contributed by atoms with E-state index in [2.05, 4.69) is 26.2 Å². The van der Waals surface area contributed by atoms with E-state index in [-0.39, 0.29) is 5.57 Å². The van der Waals surface area contributed by atoms with Crippen LogP contribution in [0.2, 0.25) is 0 Å². The highest BCUT2D eigenvalue weighted by Gasteiger charge is 2.11.